The van der Waals surface area contributed by atoms with Gasteiger partial charge in [0.2, 0.25) is 11.8 Å². The lowest BCUT2D eigenvalue weighted by Crippen LogP contribution is -2.53. The van der Waals surface area contributed by atoms with E-state index in [0.717, 1.165) is 21.9 Å². The number of methoxy groups -OCH3 is 1. The summed E-state index contributed by atoms with van der Waals surface area (Å²) in [4.78, 5) is 29.4. The van der Waals surface area contributed by atoms with Gasteiger partial charge in [-0.1, -0.05) is 61.9 Å². The van der Waals surface area contributed by atoms with Gasteiger partial charge in [0.05, 0.1) is 17.7 Å². The topological polar surface area (TPSA) is 105 Å². The quantitative estimate of drug-likeness (QED) is 0.152. The Morgan fingerprint density at radius 1 is 0.809 bits per heavy atom. The summed E-state index contributed by atoms with van der Waals surface area (Å²) in [5, 5.41) is 2.99. The van der Waals surface area contributed by atoms with Crippen LogP contribution in [0.2, 0.25) is 0 Å². The normalized spacial score (nSPS) is 12.4. The van der Waals surface area contributed by atoms with Crippen LogP contribution < -0.4 is 19.1 Å². The highest BCUT2D eigenvalue weighted by Crippen LogP contribution is 2.29. The standard InChI is InChI=1S/C37H43N3O6S/c1-6-28(4)38-37(42)35(7-2)39(25-29-12-11-15-33(24-29)45-5)36(41)26-40(47(43,44)34-22-16-27(3)17-23-34)30-18-20-32(21-19-30)46-31-13-9-8-10-14-31/h8-24,28,35H,6-7,25-26H2,1-5H3,(H,38,42)/t28-,35-/m1/s1. The number of ether oxygens (including phenoxy) is 2. The molecule has 0 aliphatic carbocycles. The van der Waals surface area contributed by atoms with Gasteiger partial charge >= 0.3 is 0 Å². The summed E-state index contributed by atoms with van der Waals surface area (Å²) in [6, 6.07) is 28.6. The van der Waals surface area contributed by atoms with Crippen LogP contribution in [0.5, 0.6) is 17.2 Å². The van der Waals surface area contributed by atoms with Crippen LogP contribution in [-0.4, -0.2) is 50.9 Å². The molecule has 1 N–H and O–H groups in total. The first-order chi connectivity index (χ1) is 22.5. The molecule has 0 heterocycles. The van der Waals surface area contributed by atoms with Crippen molar-refractivity contribution in [1.82, 2.24) is 10.2 Å². The van der Waals surface area contributed by atoms with Crippen molar-refractivity contribution in [2.75, 3.05) is 18.0 Å². The lowest BCUT2D eigenvalue weighted by Gasteiger charge is -2.33. The van der Waals surface area contributed by atoms with Gasteiger partial charge < -0.3 is 19.7 Å². The average Bonchev–Trinajstić information content (AvgIpc) is 3.08. The van der Waals surface area contributed by atoms with E-state index >= 15 is 0 Å². The van der Waals surface area contributed by atoms with Crippen LogP contribution in [0.1, 0.15) is 44.7 Å². The fraction of sp³-hybridized carbons (Fsp3) is 0.297. The van der Waals surface area contributed by atoms with Crippen molar-refractivity contribution in [2.24, 2.45) is 0 Å². The number of benzene rings is 4. The van der Waals surface area contributed by atoms with Crippen molar-refractivity contribution >= 4 is 27.5 Å². The molecular weight excluding hydrogens is 614 g/mol. The minimum atomic E-state index is -4.21. The zero-order valence-electron chi connectivity index (χ0n) is 27.6. The summed E-state index contributed by atoms with van der Waals surface area (Å²) in [6.45, 7) is 7.11. The Morgan fingerprint density at radius 3 is 2.06 bits per heavy atom. The smallest absolute Gasteiger partial charge is 0.264 e. The van der Waals surface area contributed by atoms with E-state index in [2.05, 4.69) is 5.32 Å². The molecule has 0 aliphatic heterocycles. The van der Waals surface area contributed by atoms with Gasteiger partial charge in [-0.2, -0.15) is 0 Å². The van der Waals surface area contributed by atoms with Gasteiger partial charge in [-0.05, 0) is 92.9 Å². The maximum atomic E-state index is 14.4. The van der Waals surface area contributed by atoms with Crippen molar-refractivity contribution in [3.8, 4) is 17.2 Å². The maximum Gasteiger partial charge on any atom is 0.264 e. The van der Waals surface area contributed by atoms with Crippen LogP contribution in [0.3, 0.4) is 0 Å². The van der Waals surface area contributed by atoms with Crippen molar-refractivity contribution in [3.63, 3.8) is 0 Å². The van der Waals surface area contributed by atoms with Gasteiger partial charge in [-0.3, -0.25) is 13.9 Å². The summed E-state index contributed by atoms with van der Waals surface area (Å²) < 4.78 is 40.8. The first kappa shape index (κ1) is 35.0. The predicted molar refractivity (Wildman–Crippen MR) is 184 cm³/mol. The maximum absolute atomic E-state index is 14.4. The second kappa shape index (κ2) is 16.1. The van der Waals surface area contributed by atoms with Crippen molar-refractivity contribution in [1.29, 1.82) is 0 Å². The van der Waals surface area contributed by atoms with Crippen LogP contribution in [0.25, 0.3) is 0 Å². The molecule has 9 nitrogen and oxygen atoms in total. The average molecular weight is 658 g/mol. The number of anilines is 1. The third-order valence-electron chi connectivity index (χ3n) is 7.87. The van der Waals surface area contributed by atoms with Gasteiger partial charge in [0, 0.05) is 12.6 Å². The molecule has 4 aromatic carbocycles. The van der Waals surface area contributed by atoms with E-state index in [1.807, 2.05) is 70.2 Å². The molecule has 0 fully saturated rings. The van der Waals surface area contributed by atoms with E-state index in [0.29, 0.717) is 23.7 Å². The summed E-state index contributed by atoms with van der Waals surface area (Å²) in [7, 11) is -2.65. The van der Waals surface area contributed by atoms with E-state index in [4.69, 9.17) is 9.47 Å². The Kier molecular flexibility index (Phi) is 12.0. The monoisotopic (exact) mass is 657 g/mol. The fourth-order valence-electron chi connectivity index (χ4n) is 5.00. The van der Waals surface area contributed by atoms with Crippen LogP contribution in [0, 0.1) is 6.92 Å². The number of aryl methyl sites for hydroxylation is 1. The Labute approximate surface area is 278 Å². The lowest BCUT2D eigenvalue weighted by atomic mass is 10.1. The number of nitrogens with zero attached hydrogens (tertiary/aromatic N) is 2. The summed E-state index contributed by atoms with van der Waals surface area (Å²) in [5.41, 5.74) is 1.91. The minimum absolute atomic E-state index is 0.0430. The molecule has 0 aromatic heterocycles. The van der Waals surface area contributed by atoms with Crippen molar-refractivity contribution in [3.05, 3.63) is 114 Å². The number of carbonyl (C=O) groups is 2. The van der Waals surface area contributed by atoms with Gasteiger partial charge in [0.25, 0.3) is 10.0 Å². The Morgan fingerprint density at radius 2 is 1.45 bits per heavy atom. The van der Waals surface area contributed by atoms with E-state index in [1.54, 1.807) is 55.6 Å². The Balaban J connectivity index is 1.73. The number of carbonyl (C=O) groups excluding carboxylic acids is 2. The second-order valence-electron chi connectivity index (χ2n) is 11.3. The molecule has 2 amide bonds. The number of amides is 2. The molecule has 4 aromatic rings. The highest BCUT2D eigenvalue weighted by molar-refractivity contribution is 7.92. The van der Waals surface area contributed by atoms with Crippen LogP contribution in [0.4, 0.5) is 5.69 Å². The zero-order valence-corrected chi connectivity index (χ0v) is 28.4. The van der Waals surface area contributed by atoms with Crippen molar-refractivity contribution < 1.29 is 27.5 Å². The molecule has 0 unspecified atom stereocenters. The summed E-state index contributed by atoms with van der Waals surface area (Å²) in [5.74, 6) is 0.918. The number of hydrogen-bond donors (Lipinski definition) is 1. The molecule has 0 radical (unpaired) electrons. The van der Waals surface area contributed by atoms with Gasteiger partial charge in [-0.15, -0.1) is 0 Å². The van der Waals surface area contributed by atoms with E-state index < -0.39 is 28.5 Å². The molecule has 248 valence electrons. The van der Waals surface area contributed by atoms with E-state index in [-0.39, 0.29) is 29.1 Å². The number of para-hydroxylation sites is 1. The molecule has 0 saturated heterocycles. The first-order valence-electron chi connectivity index (χ1n) is 15.7. The first-order valence-corrected chi connectivity index (χ1v) is 17.1. The molecule has 0 spiro atoms. The van der Waals surface area contributed by atoms with E-state index in [9.17, 15) is 18.0 Å². The summed E-state index contributed by atoms with van der Waals surface area (Å²) >= 11 is 0. The molecule has 47 heavy (non-hydrogen) atoms. The zero-order chi connectivity index (χ0) is 34.0. The fourth-order valence-corrected chi connectivity index (χ4v) is 6.41. The third kappa shape index (κ3) is 9.13. The van der Waals surface area contributed by atoms with Gasteiger partial charge in [-0.25, -0.2) is 8.42 Å². The molecule has 2 atom stereocenters. The predicted octanol–water partition coefficient (Wildman–Crippen LogP) is 6.71. The highest BCUT2D eigenvalue weighted by atomic mass is 32.2. The number of nitrogens with one attached hydrogen (secondary N) is 1. The lowest BCUT2D eigenvalue weighted by molar-refractivity contribution is -0.140. The molecular formula is C37H43N3O6S. The summed E-state index contributed by atoms with van der Waals surface area (Å²) in [6.07, 6.45) is 1.05. The van der Waals surface area contributed by atoms with E-state index in [1.165, 1.54) is 17.0 Å². The largest absolute Gasteiger partial charge is 0.497 e. The van der Waals surface area contributed by atoms with Crippen LogP contribution >= 0.6 is 0 Å². The van der Waals surface area contributed by atoms with Gasteiger partial charge in [0.1, 0.15) is 29.8 Å². The SMILES string of the molecule is CC[C@@H](C)NC(=O)[C@@H](CC)N(Cc1cccc(OC)c1)C(=O)CN(c1ccc(Oc2ccccc2)cc1)S(=O)(=O)c1ccc(C)cc1. The minimum Gasteiger partial charge on any atom is -0.497 e. The van der Waals surface area contributed by atoms with Gasteiger partial charge in [0.15, 0.2) is 0 Å². The molecule has 0 aliphatic rings. The third-order valence-corrected chi connectivity index (χ3v) is 9.65. The van der Waals surface area contributed by atoms with Crippen molar-refractivity contribution in [2.45, 2.75) is 64.1 Å². The highest BCUT2D eigenvalue weighted by Gasteiger charge is 2.34. The van der Waals surface area contributed by atoms with Crippen LogP contribution in [0.15, 0.2) is 108 Å². The number of hydrogen-bond acceptors (Lipinski definition) is 6. The number of rotatable bonds is 15. The molecule has 10 heteroatoms. The molecule has 0 bridgehead atoms. The molecule has 0 saturated carbocycles. The Hall–Kier alpha value is -4.83. The van der Waals surface area contributed by atoms with Crippen LogP contribution in [-0.2, 0) is 26.2 Å². The molecule has 4 rings (SSSR count). The number of sulfonamides is 1. The second-order valence-corrected chi connectivity index (χ2v) is 13.2. The Bertz CT molecular complexity index is 1730.